The van der Waals surface area contributed by atoms with Gasteiger partial charge in [0.25, 0.3) is 0 Å². The fraction of sp³-hybridized carbons (Fsp3) is 0.300. The van der Waals surface area contributed by atoms with Gasteiger partial charge in [0.1, 0.15) is 0 Å². The van der Waals surface area contributed by atoms with E-state index in [1.54, 1.807) is 0 Å². The van der Waals surface area contributed by atoms with Crippen LogP contribution in [-0.4, -0.2) is 13.1 Å². The number of methoxy groups -OCH3 is 1. The Kier molecular flexibility index (Phi) is 5.44. The Morgan fingerprint density at radius 1 is 1.41 bits per heavy atom. The summed E-state index contributed by atoms with van der Waals surface area (Å²) in [6.07, 6.45) is -4.60. The van der Waals surface area contributed by atoms with Gasteiger partial charge in [0.05, 0.1) is 18.2 Å². The maximum atomic E-state index is 12.6. The summed E-state index contributed by atoms with van der Waals surface area (Å²) >= 11 is 0. The van der Waals surface area contributed by atoms with E-state index in [9.17, 15) is 18.0 Å². The van der Waals surface area contributed by atoms with Crippen LogP contribution in [0, 0.1) is 0 Å². The van der Waals surface area contributed by atoms with Crippen molar-refractivity contribution in [2.45, 2.75) is 12.7 Å². The van der Waals surface area contributed by atoms with Gasteiger partial charge in [0, 0.05) is 6.54 Å². The van der Waals surface area contributed by atoms with Crippen LogP contribution in [-0.2, 0) is 17.5 Å². The van der Waals surface area contributed by atoms with E-state index < -0.39 is 23.3 Å². The first-order valence-corrected chi connectivity index (χ1v) is 4.38. The topological polar surface area (TPSA) is 52.3 Å². The minimum atomic E-state index is -4.60. The quantitative estimate of drug-likeness (QED) is 0.839. The monoisotopic (exact) mass is 269 g/mol. The van der Waals surface area contributed by atoms with Crippen molar-refractivity contribution in [3.63, 3.8) is 0 Å². The van der Waals surface area contributed by atoms with Crippen molar-refractivity contribution < 1.29 is 22.7 Å². The van der Waals surface area contributed by atoms with Gasteiger partial charge in [0.2, 0.25) is 0 Å². The highest BCUT2D eigenvalue weighted by molar-refractivity contribution is 5.91. The molecule has 1 aromatic rings. The number of nitrogens with two attached hydrogens (primary N) is 1. The molecule has 0 saturated carbocycles. The van der Waals surface area contributed by atoms with E-state index in [-0.39, 0.29) is 19.0 Å². The van der Waals surface area contributed by atoms with Gasteiger partial charge < -0.3 is 10.5 Å². The van der Waals surface area contributed by atoms with Crippen LogP contribution in [0.5, 0.6) is 0 Å². The molecule has 2 N–H and O–H groups in total. The van der Waals surface area contributed by atoms with Crippen LogP contribution in [0.1, 0.15) is 21.5 Å². The Hall–Kier alpha value is -1.27. The molecule has 17 heavy (non-hydrogen) atoms. The van der Waals surface area contributed by atoms with Crippen LogP contribution in [0.15, 0.2) is 18.2 Å². The Labute approximate surface area is 102 Å². The first-order chi connectivity index (χ1) is 7.40. The van der Waals surface area contributed by atoms with Crippen molar-refractivity contribution >= 4 is 18.4 Å². The molecule has 0 amide bonds. The minimum absolute atomic E-state index is 0. The number of hydrogen-bond donors (Lipinski definition) is 1. The first-order valence-electron chi connectivity index (χ1n) is 4.38. The highest BCUT2D eigenvalue weighted by Crippen LogP contribution is 2.33. The van der Waals surface area contributed by atoms with Gasteiger partial charge in [-0.15, -0.1) is 12.4 Å². The van der Waals surface area contributed by atoms with Gasteiger partial charge in [-0.2, -0.15) is 13.2 Å². The number of alkyl halides is 3. The van der Waals surface area contributed by atoms with E-state index in [0.717, 1.165) is 19.2 Å². The van der Waals surface area contributed by atoms with Crippen molar-refractivity contribution in [1.29, 1.82) is 0 Å². The number of ether oxygens (including phenoxy) is 1. The zero-order valence-electron chi connectivity index (χ0n) is 8.88. The molecule has 7 heteroatoms. The van der Waals surface area contributed by atoms with Crippen LogP contribution in [0.25, 0.3) is 0 Å². The van der Waals surface area contributed by atoms with Crippen molar-refractivity contribution in [2.75, 3.05) is 7.11 Å². The second kappa shape index (κ2) is 5.88. The van der Waals surface area contributed by atoms with Gasteiger partial charge in [-0.05, 0) is 17.7 Å². The second-order valence-electron chi connectivity index (χ2n) is 3.07. The molecule has 3 nitrogen and oxygen atoms in total. The predicted molar refractivity (Wildman–Crippen MR) is 57.9 cm³/mol. The standard InChI is InChI=1S/C10H10F3NO2.ClH/c1-16-9(15)7-3-2-6(5-14)4-8(7)10(11,12)13;/h2-4H,5,14H2,1H3;1H. The largest absolute Gasteiger partial charge is 0.465 e. The Bertz CT molecular complexity index is 407. The molecule has 0 bridgehead atoms. The lowest BCUT2D eigenvalue weighted by Gasteiger charge is -2.12. The van der Waals surface area contributed by atoms with Crippen molar-refractivity contribution in [1.82, 2.24) is 0 Å². The zero-order valence-corrected chi connectivity index (χ0v) is 9.69. The molecule has 0 aliphatic rings. The third-order valence-corrected chi connectivity index (χ3v) is 2.03. The summed E-state index contributed by atoms with van der Waals surface area (Å²) in [5, 5.41) is 0. The molecule has 0 aliphatic heterocycles. The van der Waals surface area contributed by atoms with E-state index >= 15 is 0 Å². The van der Waals surface area contributed by atoms with Gasteiger partial charge in [-0.1, -0.05) is 6.07 Å². The van der Waals surface area contributed by atoms with E-state index in [2.05, 4.69) is 4.74 Å². The summed E-state index contributed by atoms with van der Waals surface area (Å²) in [4.78, 5) is 11.1. The molecule has 1 aromatic carbocycles. The van der Waals surface area contributed by atoms with E-state index in [4.69, 9.17) is 5.73 Å². The van der Waals surface area contributed by atoms with E-state index in [1.807, 2.05) is 0 Å². The van der Waals surface area contributed by atoms with Crippen molar-refractivity contribution in [3.05, 3.63) is 34.9 Å². The molecule has 0 aliphatic carbocycles. The van der Waals surface area contributed by atoms with Gasteiger partial charge in [0.15, 0.2) is 0 Å². The number of carbonyl (C=O) groups is 1. The van der Waals surface area contributed by atoms with Crippen LogP contribution in [0.4, 0.5) is 13.2 Å². The molecule has 0 aromatic heterocycles. The predicted octanol–water partition coefficient (Wildman–Crippen LogP) is 2.37. The summed E-state index contributed by atoms with van der Waals surface area (Å²) in [7, 11) is 1.03. The minimum Gasteiger partial charge on any atom is -0.465 e. The molecule has 0 unspecified atom stereocenters. The molecule has 0 fully saturated rings. The molecular weight excluding hydrogens is 259 g/mol. The molecule has 1 rings (SSSR count). The summed E-state index contributed by atoms with van der Waals surface area (Å²) in [6, 6.07) is 3.28. The fourth-order valence-corrected chi connectivity index (χ4v) is 1.24. The van der Waals surface area contributed by atoms with Crippen LogP contribution >= 0.6 is 12.4 Å². The van der Waals surface area contributed by atoms with E-state index in [0.29, 0.717) is 5.56 Å². The summed E-state index contributed by atoms with van der Waals surface area (Å²) in [5.41, 5.74) is 4.01. The lowest BCUT2D eigenvalue weighted by atomic mass is 10.0. The van der Waals surface area contributed by atoms with Crippen LogP contribution in [0.2, 0.25) is 0 Å². The van der Waals surface area contributed by atoms with Crippen molar-refractivity contribution in [2.24, 2.45) is 5.73 Å². The molecule has 0 saturated heterocycles. The molecule has 0 heterocycles. The zero-order chi connectivity index (χ0) is 12.3. The SMILES string of the molecule is COC(=O)c1ccc(CN)cc1C(F)(F)F.Cl. The number of hydrogen-bond acceptors (Lipinski definition) is 3. The number of rotatable bonds is 2. The van der Waals surface area contributed by atoms with Crippen LogP contribution in [0.3, 0.4) is 0 Å². The molecule has 0 radical (unpaired) electrons. The number of benzene rings is 1. The lowest BCUT2D eigenvalue weighted by Crippen LogP contribution is -2.15. The highest BCUT2D eigenvalue weighted by Gasteiger charge is 2.35. The third-order valence-electron chi connectivity index (χ3n) is 2.03. The van der Waals surface area contributed by atoms with Gasteiger partial charge in [-0.25, -0.2) is 4.79 Å². The normalized spacial score (nSPS) is 10.6. The Morgan fingerprint density at radius 2 is 2.00 bits per heavy atom. The molecule has 0 spiro atoms. The second-order valence-corrected chi connectivity index (χ2v) is 3.07. The van der Waals surface area contributed by atoms with Gasteiger partial charge >= 0.3 is 12.1 Å². The smallest absolute Gasteiger partial charge is 0.417 e. The summed E-state index contributed by atoms with van der Waals surface area (Å²) in [5.74, 6) is -1.02. The maximum absolute atomic E-state index is 12.6. The Balaban J connectivity index is 0.00000256. The average Bonchev–Trinajstić information content (AvgIpc) is 2.26. The van der Waals surface area contributed by atoms with E-state index in [1.165, 1.54) is 6.07 Å². The molecule has 0 atom stereocenters. The maximum Gasteiger partial charge on any atom is 0.417 e. The molecular formula is C10H11ClF3NO2. The highest BCUT2D eigenvalue weighted by atomic mass is 35.5. The van der Waals surface area contributed by atoms with Crippen molar-refractivity contribution in [3.8, 4) is 0 Å². The first kappa shape index (κ1) is 15.7. The van der Waals surface area contributed by atoms with Gasteiger partial charge in [-0.3, -0.25) is 0 Å². The fourth-order valence-electron chi connectivity index (χ4n) is 1.24. The lowest BCUT2D eigenvalue weighted by molar-refractivity contribution is -0.138. The number of esters is 1. The average molecular weight is 270 g/mol. The van der Waals surface area contributed by atoms with Crippen LogP contribution < -0.4 is 5.73 Å². The third kappa shape index (κ3) is 3.61. The summed E-state index contributed by atoms with van der Waals surface area (Å²) < 4.78 is 42.1. The number of carbonyl (C=O) groups excluding carboxylic acids is 1. The molecule has 96 valence electrons. The number of halogens is 4. The summed E-state index contributed by atoms with van der Waals surface area (Å²) in [6.45, 7) is -0.0233. The Morgan fingerprint density at radius 3 is 2.41 bits per heavy atom.